The fraction of sp³-hybridized carbons (Fsp3) is 0.333. The SMILES string of the molecule is CC(C)c1ccc(Nc2cccc3c2oc2c(C4CCCCC4)cccc23)cc1. The normalized spacial score (nSPS) is 15.4. The second-order valence-corrected chi connectivity index (χ2v) is 8.74. The molecule has 148 valence electrons. The van der Waals surface area contributed by atoms with Crippen LogP contribution in [0.25, 0.3) is 21.9 Å². The van der Waals surface area contributed by atoms with Crippen molar-refractivity contribution in [3.8, 4) is 0 Å². The van der Waals surface area contributed by atoms with Crippen LogP contribution in [-0.2, 0) is 0 Å². The fourth-order valence-corrected chi connectivity index (χ4v) is 4.78. The van der Waals surface area contributed by atoms with Crippen molar-refractivity contribution >= 4 is 33.3 Å². The average Bonchev–Trinajstić information content (AvgIpc) is 3.15. The zero-order valence-corrected chi connectivity index (χ0v) is 17.4. The third-order valence-corrected chi connectivity index (χ3v) is 6.46. The van der Waals surface area contributed by atoms with Crippen molar-refractivity contribution in [1.82, 2.24) is 0 Å². The molecule has 0 unspecified atom stereocenters. The van der Waals surface area contributed by atoms with E-state index in [-0.39, 0.29) is 0 Å². The van der Waals surface area contributed by atoms with Gasteiger partial charge in [0, 0.05) is 16.5 Å². The Morgan fingerprint density at radius 2 is 1.48 bits per heavy atom. The highest BCUT2D eigenvalue weighted by Gasteiger charge is 2.21. The summed E-state index contributed by atoms with van der Waals surface area (Å²) in [5.74, 6) is 1.18. The molecule has 2 heteroatoms. The Hall–Kier alpha value is -2.74. The first-order chi connectivity index (χ1) is 14.2. The second-order valence-electron chi connectivity index (χ2n) is 8.74. The fourth-order valence-electron chi connectivity index (χ4n) is 4.78. The molecule has 0 aliphatic heterocycles. The van der Waals surface area contributed by atoms with Crippen molar-refractivity contribution in [3.63, 3.8) is 0 Å². The second kappa shape index (κ2) is 7.59. The Morgan fingerprint density at radius 1 is 0.793 bits per heavy atom. The van der Waals surface area contributed by atoms with Gasteiger partial charge in [-0.2, -0.15) is 0 Å². The van der Waals surface area contributed by atoms with Gasteiger partial charge in [0.05, 0.1) is 5.69 Å². The molecule has 1 saturated carbocycles. The molecule has 0 atom stereocenters. The standard InChI is InChI=1S/C27H29NO/c1-18(2)19-14-16-21(17-15-19)28-25-13-7-12-24-23-11-6-10-22(26(23)29-27(24)25)20-8-4-3-5-9-20/h6-7,10-18,20,28H,3-5,8-9H2,1-2H3. The van der Waals surface area contributed by atoms with Gasteiger partial charge in [-0.25, -0.2) is 0 Å². The molecule has 29 heavy (non-hydrogen) atoms. The minimum atomic E-state index is 0.543. The first kappa shape index (κ1) is 18.3. The maximum Gasteiger partial charge on any atom is 0.158 e. The molecule has 4 aromatic rings. The summed E-state index contributed by atoms with van der Waals surface area (Å²) < 4.78 is 6.54. The Bertz CT molecular complexity index is 1130. The monoisotopic (exact) mass is 383 g/mol. The summed E-state index contributed by atoms with van der Waals surface area (Å²) in [5, 5.41) is 6.01. The van der Waals surface area contributed by atoms with Gasteiger partial charge >= 0.3 is 0 Å². The van der Waals surface area contributed by atoms with Gasteiger partial charge < -0.3 is 9.73 Å². The molecular weight excluding hydrogens is 354 g/mol. The van der Waals surface area contributed by atoms with Gasteiger partial charge in [-0.05, 0) is 54.0 Å². The van der Waals surface area contributed by atoms with Crippen molar-refractivity contribution in [2.24, 2.45) is 0 Å². The highest BCUT2D eigenvalue weighted by Crippen LogP contribution is 2.41. The first-order valence-electron chi connectivity index (χ1n) is 11.0. The van der Waals surface area contributed by atoms with Gasteiger partial charge in [0.2, 0.25) is 0 Å². The van der Waals surface area contributed by atoms with Crippen molar-refractivity contribution in [2.45, 2.75) is 57.8 Å². The molecule has 1 heterocycles. The number of hydrogen-bond donors (Lipinski definition) is 1. The summed E-state index contributed by atoms with van der Waals surface area (Å²) in [4.78, 5) is 0. The molecule has 0 saturated heterocycles. The van der Waals surface area contributed by atoms with E-state index in [1.165, 1.54) is 54.0 Å². The van der Waals surface area contributed by atoms with Crippen LogP contribution in [0.3, 0.4) is 0 Å². The lowest BCUT2D eigenvalue weighted by atomic mass is 9.83. The van der Waals surface area contributed by atoms with E-state index < -0.39 is 0 Å². The van der Waals surface area contributed by atoms with E-state index in [0.717, 1.165) is 22.5 Å². The highest BCUT2D eigenvalue weighted by molar-refractivity contribution is 6.10. The Kier molecular flexibility index (Phi) is 4.79. The van der Waals surface area contributed by atoms with Crippen LogP contribution in [0.5, 0.6) is 0 Å². The largest absolute Gasteiger partial charge is 0.454 e. The smallest absolute Gasteiger partial charge is 0.158 e. The molecule has 5 rings (SSSR count). The van der Waals surface area contributed by atoms with Gasteiger partial charge in [0.1, 0.15) is 5.58 Å². The van der Waals surface area contributed by atoms with Crippen molar-refractivity contribution in [1.29, 1.82) is 0 Å². The molecule has 1 fully saturated rings. The van der Waals surface area contributed by atoms with Gasteiger partial charge in [0.25, 0.3) is 0 Å². The van der Waals surface area contributed by atoms with Crippen LogP contribution in [0.2, 0.25) is 0 Å². The van der Waals surface area contributed by atoms with Gasteiger partial charge in [-0.15, -0.1) is 0 Å². The van der Waals surface area contributed by atoms with Crippen LogP contribution in [0.15, 0.2) is 65.1 Å². The Labute approximate surface area is 172 Å². The van der Waals surface area contributed by atoms with E-state index in [0.29, 0.717) is 11.8 Å². The molecule has 2 nitrogen and oxygen atoms in total. The lowest BCUT2D eigenvalue weighted by Gasteiger charge is -2.21. The van der Waals surface area contributed by atoms with E-state index in [2.05, 4.69) is 79.8 Å². The Balaban J connectivity index is 1.56. The summed E-state index contributed by atoms with van der Waals surface area (Å²) in [5.41, 5.74) is 6.92. The van der Waals surface area contributed by atoms with Crippen LogP contribution in [-0.4, -0.2) is 0 Å². The number of rotatable bonds is 4. The first-order valence-corrected chi connectivity index (χ1v) is 11.0. The molecule has 1 aliphatic carbocycles. The van der Waals surface area contributed by atoms with Crippen LogP contribution < -0.4 is 5.32 Å². The van der Waals surface area contributed by atoms with Gasteiger partial charge in [-0.1, -0.05) is 75.6 Å². The molecule has 1 aromatic heterocycles. The summed E-state index contributed by atoms with van der Waals surface area (Å²) in [7, 11) is 0. The molecule has 0 spiro atoms. The highest BCUT2D eigenvalue weighted by atomic mass is 16.3. The molecule has 1 aliphatic rings. The number of furan rings is 1. The molecule has 1 N–H and O–H groups in total. The van der Waals surface area contributed by atoms with Gasteiger partial charge in [-0.3, -0.25) is 0 Å². The summed E-state index contributed by atoms with van der Waals surface area (Å²) in [6.45, 7) is 4.45. The predicted octanol–water partition coefficient (Wildman–Crippen LogP) is 8.50. The summed E-state index contributed by atoms with van der Waals surface area (Å²) in [6.07, 6.45) is 6.60. The molecule has 0 bridgehead atoms. The van der Waals surface area contributed by atoms with Crippen LogP contribution >= 0.6 is 0 Å². The maximum atomic E-state index is 6.54. The summed E-state index contributed by atoms with van der Waals surface area (Å²) >= 11 is 0. The number of hydrogen-bond acceptors (Lipinski definition) is 2. The van der Waals surface area contributed by atoms with Crippen molar-refractivity contribution in [3.05, 3.63) is 71.8 Å². The summed E-state index contributed by atoms with van der Waals surface area (Å²) in [6, 6.07) is 21.8. The third-order valence-electron chi connectivity index (χ3n) is 6.46. The van der Waals surface area contributed by atoms with Crippen LogP contribution in [0, 0.1) is 0 Å². The zero-order chi connectivity index (χ0) is 19.8. The van der Waals surface area contributed by atoms with E-state index in [4.69, 9.17) is 4.42 Å². The number of nitrogens with one attached hydrogen (secondary N) is 1. The van der Waals surface area contributed by atoms with E-state index in [1.54, 1.807) is 0 Å². The van der Waals surface area contributed by atoms with E-state index in [1.807, 2.05) is 0 Å². The molecular formula is C27H29NO. The van der Waals surface area contributed by atoms with Crippen LogP contribution in [0.1, 0.15) is 68.9 Å². The molecule has 3 aromatic carbocycles. The molecule has 0 amide bonds. The van der Waals surface area contributed by atoms with Crippen molar-refractivity contribution in [2.75, 3.05) is 5.32 Å². The maximum absolute atomic E-state index is 6.54. The van der Waals surface area contributed by atoms with Crippen LogP contribution in [0.4, 0.5) is 11.4 Å². The van der Waals surface area contributed by atoms with E-state index >= 15 is 0 Å². The van der Waals surface area contributed by atoms with Gasteiger partial charge in [0.15, 0.2) is 5.58 Å². The number of para-hydroxylation sites is 2. The number of benzene rings is 3. The quantitative estimate of drug-likeness (QED) is 0.382. The minimum Gasteiger partial charge on any atom is -0.454 e. The lowest BCUT2D eigenvalue weighted by molar-refractivity contribution is 0.442. The Morgan fingerprint density at radius 3 is 2.21 bits per heavy atom. The average molecular weight is 384 g/mol. The van der Waals surface area contributed by atoms with Crippen molar-refractivity contribution < 1.29 is 4.42 Å². The number of anilines is 2. The lowest BCUT2D eigenvalue weighted by Crippen LogP contribution is -2.04. The van der Waals surface area contributed by atoms with E-state index in [9.17, 15) is 0 Å². The molecule has 0 radical (unpaired) electrons. The topological polar surface area (TPSA) is 25.2 Å². The predicted molar refractivity (Wildman–Crippen MR) is 123 cm³/mol. The third kappa shape index (κ3) is 3.42. The zero-order valence-electron chi connectivity index (χ0n) is 17.4. The number of fused-ring (bicyclic) bond motifs is 3. The minimum absolute atomic E-state index is 0.543.